The minimum absolute atomic E-state index is 0.0219. The van der Waals surface area contributed by atoms with Crippen molar-refractivity contribution in [1.82, 2.24) is 0 Å². The fourth-order valence-electron chi connectivity index (χ4n) is 6.81. The second-order valence-electron chi connectivity index (χ2n) is 9.24. The number of esters is 1. The highest BCUT2D eigenvalue weighted by Gasteiger charge is 2.59. The summed E-state index contributed by atoms with van der Waals surface area (Å²) in [6.45, 7) is 5.89. The maximum Gasteiger partial charge on any atom is 0.303 e. The van der Waals surface area contributed by atoms with Crippen molar-refractivity contribution in [3.05, 3.63) is 11.6 Å². The Kier molecular flexibility index (Phi) is 3.91. The van der Waals surface area contributed by atoms with Crippen molar-refractivity contribution in [1.29, 1.82) is 0 Å². The third-order valence-electron chi connectivity index (χ3n) is 8.17. The molecular formula is C21H30O4. The largest absolute Gasteiger partial charge is 0.459 e. The minimum Gasteiger partial charge on any atom is -0.459 e. The maximum atomic E-state index is 12.5. The van der Waals surface area contributed by atoms with E-state index < -0.39 is 12.2 Å². The smallest absolute Gasteiger partial charge is 0.303 e. The van der Waals surface area contributed by atoms with Gasteiger partial charge in [0.25, 0.3) is 0 Å². The van der Waals surface area contributed by atoms with Crippen LogP contribution in [-0.2, 0) is 14.3 Å². The lowest BCUT2D eigenvalue weighted by atomic mass is 9.47. The summed E-state index contributed by atoms with van der Waals surface area (Å²) in [5, 5.41) is 10.8. The third kappa shape index (κ3) is 2.36. The van der Waals surface area contributed by atoms with Crippen LogP contribution in [0.2, 0.25) is 0 Å². The molecule has 0 radical (unpaired) electrons. The van der Waals surface area contributed by atoms with Gasteiger partial charge in [0, 0.05) is 18.8 Å². The molecule has 4 aliphatic rings. The van der Waals surface area contributed by atoms with E-state index in [9.17, 15) is 14.7 Å². The quantitative estimate of drug-likeness (QED) is 0.584. The van der Waals surface area contributed by atoms with Gasteiger partial charge in [0.1, 0.15) is 18.0 Å². The van der Waals surface area contributed by atoms with Gasteiger partial charge in [0.05, 0.1) is 0 Å². The van der Waals surface area contributed by atoms with Gasteiger partial charge in [0.2, 0.25) is 0 Å². The van der Waals surface area contributed by atoms with Crippen molar-refractivity contribution in [2.24, 2.45) is 28.6 Å². The molecule has 0 spiro atoms. The monoisotopic (exact) mass is 346 g/mol. The molecule has 4 nitrogen and oxygen atoms in total. The number of hydrogen-bond acceptors (Lipinski definition) is 4. The van der Waals surface area contributed by atoms with Crippen LogP contribution in [0.3, 0.4) is 0 Å². The Labute approximate surface area is 150 Å². The van der Waals surface area contributed by atoms with Gasteiger partial charge in [-0.3, -0.25) is 9.59 Å². The molecule has 1 N–H and O–H groups in total. The molecule has 7 atom stereocenters. The average molecular weight is 346 g/mol. The number of aliphatic hydroxyl groups is 1. The molecule has 4 rings (SSSR count). The van der Waals surface area contributed by atoms with Gasteiger partial charge in [-0.05, 0) is 67.3 Å². The van der Waals surface area contributed by atoms with Crippen molar-refractivity contribution in [3.63, 3.8) is 0 Å². The molecule has 0 amide bonds. The Morgan fingerprint density at radius 1 is 1.16 bits per heavy atom. The first-order valence-corrected chi connectivity index (χ1v) is 9.86. The van der Waals surface area contributed by atoms with Gasteiger partial charge in [-0.2, -0.15) is 0 Å². The second kappa shape index (κ2) is 5.67. The number of ether oxygens (including phenoxy) is 1. The number of aliphatic hydroxyl groups excluding tert-OH is 1. The van der Waals surface area contributed by atoms with E-state index in [-0.39, 0.29) is 16.8 Å². The van der Waals surface area contributed by atoms with Crippen LogP contribution in [0, 0.1) is 28.6 Å². The van der Waals surface area contributed by atoms with Crippen molar-refractivity contribution in [2.75, 3.05) is 0 Å². The molecule has 3 saturated carbocycles. The fourth-order valence-corrected chi connectivity index (χ4v) is 6.81. The molecule has 2 unspecified atom stereocenters. The van der Waals surface area contributed by atoms with Gasteiger partial charge in [-0.15, -0.1) is 0 Å². The Morgan fingerprint density at radius 3 is 2.56 bits per heavy atom. The summed E-state index contributed by atoms with van der Waals surface area (Å²) in [7, 11) is 0. The Balaban J connectivity index is 1.64. The molecule has 4 aliphatic carbocycles. The van der Waals surface area contributed by atoms with Gasteiger partial charge >= 0.3 is 5.97 Å². The molecule has 0 aromatic carbocycles. The predicted molar refractivity (Wildman–Crippen MR) is 93.7 cm³/mol. The molecule has 25 heavy (non-hydrogen) atoms. The normalized spacial score (nSPS) is 48.9. The van der Waals surface area contributed by atoms with E-state index in [0.717, 1.165) is 50.5 Å². The standard InChI is InChI=1S/C21H30O4/c1-12(22)25-17-9-11-20(2)15-8-10-21(3)14(6-7-18(21)23)13(15)4-5-16(20)19(17)24/h5,13-15,17,19,24H,4,6-11H2,1-3H3/t13-,14-,15+,17?,19?,20+,21-/m0/s1. The van der Waals surface area contributed by atoms with Gasteiger partial charge in [-0.25, -0.2) is 0 Å². The molecular weight excluding hydrogens is 316 g/mol. The molecule has 3 fully saturated rings. The number of fused-ring (bicyclic) bond motifs is 5. The van der Waals surface area contributed by atoms with E-state index in [4.69, 9.17) is 4.74 Å². The SMILES string of the molecule is CC(=O)OC1CC[C@@]2(C)C(=CC[C@@H]3[C@H]2CC[C@]2(C)C(=O)CC[C@@H]32)C1O. The first kappa shape index (κ1) is 17.3. The summed E-state index contributed by atoms with van der Waals surface area (Å²) in [6, 6.07) is 0. The zero-order valence-electron chi connectivity index (χ0n) is 15.6. The van der Waals surface area contributed by atoms with Gasteiger partial charge < -0.3 is 9.84 Å². The summed E-state index contributed by atoms with van der Waals surface area (Å²) in [5.74, 6) is 1.73. The number of carbonyl (C=O) groups is 2. The minimum atomic E-state index is -0.679. The number of Topliss-reactive ketones (excluding diaryl/α,β-unsaturated/α-hetero) is 1. The summed E-state index contributed by atoms with van der Waals surface area (Å²) < 4.78 is 5.36. The van der Waals surface area contributed by atoms with Crippen LogP contribution in [0.1, 0.15) is 65.7 Å². The highest BCUT2D eigenvalue weighted by atomic mass is 16.6. The summed E-state index contributed by atoms with van der Waals surface area (Å²) >= 11 is 0. The summed E-state index contributed by atoms with van der Waals surface area (Å²) in [5.41, 5.74) is 0.946. The Morgan fingerprint density at radius 2 is 1.84 bits per heavy atom. The van der Waals surface area contributed by atoms with E-state index in [1.807, 2.05) is 0 Å². The van der Waals surface area contributed by atoms with Crippen LogP contribution in [0.25, 0.3) is 0 Å². The number of rotatable bonds is 1. The highest BCUT2D eigenvalue weighted by Crippen LogP contribution is 2.64. The van der Waals surface area contributed by atoms with Crippen molar-refractivity contribution in [2.45, 2.75) is 77.9 Å². The maximum absolute atomic E-state index is 12.5. The lowest BCUT2D eigenvalue weighted by Crippen LogP contribution is -2.54. The highest BCUT2D eigenvalue weighted by molar-refractivity contribution is 5.87. The molecule has 138 valence electrons. The van der Waals surface area contributed by atoms with E-state index in [1.165, 1.54) is 6.92 Å². The van der Waals surface area contributed by atoms with Crippen molar-refractivity contribution in [3.8, 4) is 0 Å². The number of carbonyl (C=O) groups excluding carboxylic acids is 2. The van der Waals surface area contributed by atoms with Crippen LogP contribution in [0.5, 0.6) is 0 Å². The lowest BCUT2D eigenvalue weighted by Gasteiger charge is -2.57. The first-order chi connectivity index (χ1) is 11.8. The second-order valence-corrected chi connectivity index (χ2v) is 9.24. The summed E-state index contributed by atoms with van der Waals surface area (Å²) in [4.78, 5) is 23.8. The third-order valence-corrected chi connectivity index (χ3v) is 8.17. The van der Waals surface area contributed by atoms with Crippen LogP contribution in [0.4, 0.5) is 0 Å². The van der Waals surface area contributed by atoms with Crippen LogP contribution >= 0.6 is 0 Å². The van der Waals surface area contributed by atoms with Gasteiger partial charge in [-0.1, -0.05) is 19.9 Å². The predicted octanol–water partition coefficient (Wildman–Crippen LogP) is 3.42. The zero-order chi connectivity index (χ0) is 18.0. The van der Waals surface area contributed by atoms with E-state index >= 15 is 0 Å². The molecule has 0 aliphatic heterocycles. The molecule has 0 heterocycles. The van der Waals surface area contributed by atoms with Crippen LogP contribution in [-0.4, -0.2) is 29.1 Å². The fraction of sp³-hybridized carbons (Fsp3) is 0.810. The number of allylic oxidation sites excluding steroid dienone is 1. The van der Waals surface area contributed by atoms with Crippen molar-refractivity contribution >= 4 is 11.8 Å². The van der Waals surface area contributed by atoms with Crippen molar-refractivity contribution < 1.29 is 19.4 Å². The molecule has 0 bridgehead atoms. The first-order valence-electron chi connectivity index (χ1n) is 9.86. The molecule has 0 saturated heterocycles. The van der Waals surface area contributed by atoms with E-state index in [0.29, 0.717) is 23.5 Å². The average Bonchev–Trinajstić information content (AvgIpc) is 2.86. The topological polar surface area (TPSA) is 63.6 Å². The van der Waals surface area contributed by atoms with E-state index in [1.54, 1.807) is 0 Å². The summed E-state index contributed by atoms with van der Waals surface area (Å²) in [6.07, 6.45) is 7.60. The lowest BCUT2D eigenvalue weighted by molar-refractivity contribution is -0.156. The van der Waals surface area contributed by atoms with E-state index in [2.05, 4.69) is 19.9 Å². The number of hydrogen-bond donors (Lipinski definition) is 1. The van der Waals surface area contributed by atoms with Crippen LogP contribution < -0.4 is 0 Å². The zero-order valence-corrected chi connectivity index (χ0v) is 15.6. The molecule has 0 aromatic rings. The van der Waals surface area contributed by atoms with Crippen LogP contribution in [0.15, 0.2) is 11.6 Å². The van der Waals surface area contributed by atoms with Gasteiger partial charge in [0.15, 0.2) is 0 Å². The Bertz CT molecular complexity index is 638. The Hall–Kier alpha value is -1.16. The molecule has 4 heteroatoms. The number of ketones is 1. The molecule has 0 aromatic heterocycles.